The van der Waals surface area contributed by atoms with Crippen molar-refractivity contribution in [3.05, 3.63) is 33.8 Å². The number of amides is 1. The minimum atomic E-state index is -0.196. The second-order valence-electron chi connectivity index (χ2n) is 4.77. The first-order valence-corrected chi connectivity index (χ1v) is 7.31. The third-order valence-corrected chi connectivity index (χ3v) is 5.21. The van der Waals surface area contributed by atoms with E-state index in [0.717, 1.165) is 20.9 Å². The molecule has 0 aliphatic heterocycles. The number of nitrogens with zero attached hydrogens (tertiary/aromatic N) is 1. The fraction of sp³-hybridized carbons (Fsp3) is 0.462. The van der Waals surface area contributed by atoms with Gasteiger partial charge in [-0.2, -0.15) is 0 Å². The highest BCUT2D eigenvalue weighted by Crippen LogP contribution is 2.21. The fourth-order valence-corrected chi connectivity index (χ4v) is 1.96. The molecule has 4 heteroatoms. The van der Waals surface area contributed by atoms with Gasteiger partial charge in [0, 0.05) is 28.0 Å². The van der Waals surface area contributed by atoms with E-state index in [1.54, 1.807) is 4.90 Å². The quantitative estimate of drug-likeness (QED) is 0.744. The van der Waals surface area contributed by atoms with Crippen molar-refractivity contribution in [1.29, 1.82) is 0 Å². The van der Waals surface area contributed by atoms with Crippen LogP contribution in [0.1, 0.15) is 29.8 Å². The molecule has 1 aromatic rings. The average Bonchev–Trinajstić information content (AvgIpc) is 2.30. The summed E-state index contributed by atoms with van der Waals surface area (Å²) in [5.74, 6) is 0.0463. The number of carbonyl (C=O) groups excluding carboxylic acids is 1. The summed E-state index contributed by atoms with van der Waals surface area (Å²) in [5.41, 5.74) is 1.60. The van der Waals surface area contributed by atoms with Crippen LogP contribution in [0.15, 0.2) is 22.7 Å². The van der Waals surface area contributed by atoms with Crippen molar-refractivity contribution in [2.45, 2.75) is 26.3 Å². The molecule has 0 saturated heterocycles. The first-order valence-electron chi connectivity index (χ1n) is 5.40. The van der Waals surface area contributed by atoms with Crippen LogP contribution in [-0.4, -0.2) is 28.7 Å². The first kappa shape index (κ1) is 14.7. The van der Waals surface area contributed by atoms with Crippen molar-refractivity contribution in [2.24, 2.45) is 0 Å². The maximum absolute atomic E-state index is 12.3. The molecule has 1 rings (SSSR count). The molecular formula is C13H17Br2NO. The topological polar surface area (TPSA) is 20.3 Å². The van der Waals surface area contributed by atoms with Crippen LogP contribution in [0, 0.1) is 6.92 Å². The number of hydrogen-bond acceptors (Lipinski definition) is 1. The van der Waals surface area contributed by atoms with Crippen LogP contribution in [0.2, 0.25) is 0 Å². The Labute approximate surface area is 120 Å². The number of halogens is 2. The van der Waals surface area contributed by atoms with Gasteiger partial charge in [-0.1, -0.05) is 31.9 Å². The molecule has 0 N–H and O–H groups in total. The fourth-order valence-electron chi connectivity index (χ4n) is 1.34. The molecular weight excluding hydrogens is 346 g/mol. The summed E-state index contributed by atoms with van der Waals surface area (Å²) >= 11 is 6.87. The first-order chi connectivity index (χ1) is 7.79. The van der Waals surface area contributed by atoms with Crippen molar-refractivity contribution in [1.82, 2.24) is 4.90 Å². The van der Waals surface area contributed by atoms with Gasteiger partial charge in [0.25, 0.3) is 5.91 Å². The second kappa shape index (κ2) is 5.53. The Morgan fingerprint density at radius 2 is 2.00 bits per heavy atom. The molecule has 0 saturated carbocycles. The Bertz CT molecular complexity index is 429. The minimum absolute atomic E-state index is 0.0463. The van der Waals surface area contributed by atoms with Gasteiger partial charge in [0.2, 0.25) is 0 Å². The third-order valence-electron chi connectivity index (χ3n) is 2.94. The van der Waals surface area contributed by atoms with Crippen LogP contribution >= 0.6 is 31.9 Å². The van der Waals surface area contributed by atoms with Crippen LogP contribution in [-0.2, 0) is 0 Å². The lowest BCUT2D eigenvalue weighted by Crippen LogP contribution is -2.46. The van der Waals surface area contributed by atoms with Gasteiger partial charge in [0.15, 0.2) is 0 Å². The van der Waals surface area contributed by atoms with E-state index in [0.29, 0.717) is 0 Å². The number of alkyl halides is 1. The molecule has 0 atom stereocenters. The summed E-state index contributed by atoms with van der Waals surface area (Å²) < 4.78 is 1.02. The van der Waals surface area contributed by atoms with Gasteiger partial charge in [-0.15, -0.1) is 0 Å². The zero-order valence-electron chi connectivity index (χ0n) is 10.6. The molecule has 0 aromatic heterocycles. The van der Waals surface area contributed by atoms with Crippen molar-refractivity contribution in [3.8, 4) is 0 Å². The summed E-state index contributed by atoms with van der Waals surface area (Å²) in [5, 5.41) is 0.748. The summed E-state index contributed by atoms with van der Waals surface area (Å²) in [6.07, 6.45) is 0. The maximum atomic E-state index is 12.3. The van der Waals surface area contributed by atoms with E-state index in [2.05, 4.69) is 31.9 Å². The molecule has 0 aliphatic rings. The molecule has 1 aromatic carbocycles. The summed E-state index contributed by atoms with van der Waals surface area (Å²) in [6.45, 7) is 6.05. The highest BCUT2D eigenvalue weighted by atomic mass is 79.9. The number of rotatable bonds is 3. The predicted octanol–water partition coefficient (Wildman–Crippen LogP) is 4.00. The van der Waals surface area contributed by atoms with E-state index in [9.17, 15) is 4.79 Å². The molecule has 0 spiro atoms. The molecule has 17 heavy (non-hydrogen) atoms. The lowest BCUT2D eigenvalue weighted by molar-refractivity contribution is 0.0663. The Morgan fingerprint density at radius 3 is 2.47 bits per heavy atom. The van der Waals surface area contributed by atoms with E-state index < -0.39 is 0 Å². The van der Waals surface area contributed by atoms with Crippen LogP contribution in [0.3, 0.4) is 0 Å². The Kier molecular flexibility index (Phi) is 4.78. The molecule has 0 heterocycles. The highest BCUT2D eigenvalue weighted by Gasteiger charge is 2.27. The zero-order chi connectivity index (χ0) is 13.2. The SMILES string of the molecule is Cc1cc(C(=O)N(C)C(C)(C)CBr)ccc1Br. The van der Waals surface area contributed by atoms with Crippen molar-refractivity contribution in [2.75, 3.05) is 12.4 Å². The van der Waals surface area contributed by atoms with Gasteiger partial charge in [-0.05, 0) is 44.5 Å². The van der Waals surface area contributed by atoms with Gasteiger partial charge < -0.3 is 4.90 Å². The zero-order valence-corrected chi connectivity index (χ0v) is 13.7. The van der Waals surface area contributed by atoms with E-state index in [-0.39, 0.29) is 11.4 Å². The minimum Gasteiger partial charge on any atom is -0.336 e. The molecule has 0 unspecified atom stereocenters. The maximum Gasteiger partial charge on any atom is 0.254 e. The van der Waals surface area contributed by atoms with Gasteiger partial charge in [-0.3, -0.25) is 4.79 Å². The van der Waals surface area contributed by atoms with Crippen LogP contribution in [0.5, 0.6) is 0 Å². The molecule has 0 aliphatic carbocycles. The standard InChI is InChI=1S/C13H17Br2NO/c1-9-7-10(5-6-11(9)15)12(17)16(4)13(2,3)8-14/h5-7H,8H2,1-4H3. The normalized spacial score (nSPS) is 11.4. The summed E-state index contributed by atoms with van der Waals surface area (Å²) in [7, 11) is 1.83. The molecule has 0 fully saturated rings. The molecule has 1 amide bonds. The Hall–Kier alpha value is -0.350. The second-order valence-corrected chi connectivity index (χ2v) is 6.19. The van der Waals surface area contributed by atoms with E-state index in [1.165, 1.54) is 0 Å². The smallest absolute Gasteiger partial charge is 0.254 e. The number of aryl methyl sites for hydroxylation is 1. The predicted molar refractivity (Wildman–Crippen MR) is 78.8 cm³/mol. The van der Waals surface area contributed by atoms with Crippen LogP contribution in [0.4, 0.5) is 0 Å². The number of carbonyl (C=O) groups is 1. The van der Waals surface area contributed by atoms with Crippen LogP contribution < -0.4 is 0 Å². The third kappa shape index (κ3) is 3.32. The number of benzene rings is 1. The average molecular weight is 363 g/mol. The summed E-state index contributed by atoms with van der Waals surface area (Å²) in [6, 6.07) is 5.67. The molecule has 0 bridgehead atoms. The van der Waals surface area contributed by atoms with E-state index in [4.69, 9.17) is 0 Å². The van der Waals surface area contributed by atoms with E-state index >= 15 is 0 Å². The van der Waals surface area contributed by atoms with Crippen molar-refractivity contribution >= 4 is 37.8 Å². The Balaban J connectivity index is 3.01. The largest absolute Gasteiger partial charge is 0.336 e. The molecule has 0 radical (unpaired) electrons. The van der Waals surface area contributed by atoms with Crippen LogP contribution in [0.25, 0.3) is 0 Å². The summed E-state index contributed by atoms with van der Waals surface area (Å²) in [4.78, 5) is 14.1. The Morgan fingerprint density at radius 1 is 1.41 bits per heavy atom. The van der Waals surface area contributed by atoms with Gasteiger partial charge in [0.1, 0.15) is 0 Å². The number of hydrogen-bond donors (Lipinski definition) is 0. The van der Waals surface area contributed by atoms with Crippen molar-refractivity contribution < 1.29 is 4.79 Å². The molecule has 94 valence electrons. The van der Waals surface area contributed by atoms with Gasteiger partial charge >= 0.3 is 0 Å². The van der Waals surface area contributed by atoms with Crippen molar-refractivity contribution in [3.63, 3.8) is 0 Å². The van der Waals surface area contributed by atoms with E-state index in [1.807, 2.05) is 46.0 Å². The lowest BCUT2D eigenvalue weighted by Gasteiger charge is -2.34. The monoisotopic (exact) mass is 361 g/mol. The highest BCUT2D eigenvalue weighted by molar-refractivity contribution is 9.10. The van der Waals surface area contributed by atoms with Gasteiger partial charge in [-0.25, -0.2) is 0 Å². The van der Waals surface area contributed by atoms with Gasteiger partial charge in [0.05, 0.1) is 0 Å². The lowest BCUT2D eigenvalue weighted by atomic mass is 10.0. The molecule has 2 nitrogen and oxygen atoms in total.